The van der Waals surface area contributed by atoms with Gasteiger partial charge < -0.3 is 9.64 Å². The van der Waals surface area contributed by atoms with Crippen molar-refractivity contribution in [2.75, 3.05) is 20.3 Å². The molecule has 1 rings (SSSR count). The maximum absolute atomic E-state index is 11.5. The largest absolute Gasteiger partial charge is 0.385 e. The summed E-state index contributed by atoms with van der Waals surface area (Å²) in [6, 6.07) is 2.32. The van der Waals surface area contributed by atoms with Crippen molar-refractivity contribution in [2.24, 2.45) is 5.92 Å². The molecule has 0 N–H and O–H groups in total. The molecule has 1 amide bonds. The third-order valence-electron chi connectivity index (χ3n) is 2.61. The van der Waals surface area contributed by atoms with E-state index in [-0.39, 0.29) is 17.9 Å². The molecule has 0 aromatic carbocycles. The minimum atomic E-state index is -0.118. The number of hydrogen-bond donors (Lipinski definition) is 0. The summed E-state index contributed by atoms with van der Waals surface area (Å²) in [5.74, 6) is -0.0207. The summed E-state index contributed by atoms with van der Waals surface area (Å²) in [5, 5.41) is 8.71. The Labute approximate surface area is 84.4 Å². The molecule has 0 bridgehead atoms. The quantitative estimate of drug-likeness (QED) is 0.667. The van der Waals surface area contributed by atoms with Gasteiger partial charge in [-0.1, -0.05) is 0 Å². The van der Waals surface area contributed by atoms with Crippen LogP contribution in [0.4, 0.5) is 0 Å². The molecule has 0 radical (unpaired) electrons. The van der Waals surface area contributed by atoms with Crippen LogP contribution in [-0.2, 0) is 9.53 Å². The highest BCUT2D eigenvalue weighted by atomic mass is 16.5. The first-order chi connectivity index (χ1) is 6.69. The van der Waals surface area contributed by atoms with Crippen LogP contribution < -0.4 is 0 Å². The second kappa shape index (κ2) is 4.97. The number of ether oxygens (including phenoxy) is 1. The maximum atomic E-state index is 11.5. The monoisotopic (exact) mass is 196 g/mol. The topological polar surface area (TPSA) is 53.3 Å². The van der Waals surface area contributed by atoms with Gasteiger partial charge in [0.1, 0.15) is 0 Å². The number of methoxy groups -OCH3 is 1. The summed E-state index contributed by atoms with van der Waals surface area (Å²) in [6.07, 6.45) is 1.22. The van der Waals surface area contributed by atoms with E-state index < -0.39 is 0 Å². The molecule has 78 valence electrons. The number of carbonyl (C=O) groups excluding carboxylic acids is 1. The lowest BCUT2D eigenvalue weighted by molar-refractivity contribution is -0.129. The second-order valence-corrected chi connectivity index (χ2v) is 3.71. The Kier molecular flexibility index (Phi) is 3.90. The van der Waals surface area contributed by atoms with Crippen LogP contribution in [0.3, 0.4) is 0 Å². The van der Waals surface area contributed by atoms with Crippen molar-refractivity contribution in [1.29, 1.82) is 5.26 Å². The maximum Gasteiger partial charge on any atom is 0.224 e. The molecule has 0 aromatic heterocycles. The molecule has 0 spiro atoms. The molecule has 2 unspecified atom stereocenters. The minimum absolute atomic E-state index is 0.0974. The lowest BCUT2D eigenvalue weighted by Crippen LogP contribution is -2.35. The van der Waals surface area contributed by atoms with Gasteiger partial charge in [-0.3, -0.25) is 4.79 Å². The van der Waals surface area contributed by atoms with Crippen molar-refractivity contribution in [2.45, 2.75) is 25.8 Å². The van der Waals surface area contributed by atoms with Crippen LogP contribution >= 0.6 is 0 Å². The standard InChI is InChI=1S/C10H16N2O2/c1-8(3-4-14-2)12-7-9(6-11)5-10(12)13/h8-9H,3-5,7H2,1-2H3. The van der Waals surface area contributed by atoms with Gasteiger partial charge in [0.2, 0.25) is 5.91 Å². The summed E-state index contributed by atoms with van der Waals surface area (Å²) in [5.41, 5.74) is 0. The normalized spacial score (nSPS) is 23.6. The van der Waals surface area contributed by atoms with Gasteiger partial charge in [0, 0.05) is 32.7 Å². The van der Waals surface area contributed by atoms with Gasteiger partial charge >= 0.3 is 0 Å². The molecule has 1 fully saturated rings. The molecule has 1 aliphatic rings. The zero-order chi connectivity index (χ0) is 10.6. The fourth-order valence-corrected chi connectivity index (χ4v) is 1.69. The molecular formula is C10H16N2O2. The van der Waals surface area contributed by atoms with Crippen LogP contribution in [0.25, 0.3) is 0 Å². The lowest BCUT2D eigenvalue weighted by Gasteiger charge is -2.23. The van der Waals surface area contributed by atoms with E-state index >= 15 is 0 Å². The predicted molar refractivity (Wildman–Crippen MR) is 51.4 cm³/mol. The first-order valence-corrected chi connectivity index (χ1v) is 4.87. The molecule has 1 heterocycles. The fourth-order valence-electron chi connectivity index (χ4n) is 1.69. The highest BCUT2D eigenvalue weighted by molar-refractivity contribution is 5.79. The van der Waals surface area contributed by atoms with E-state index in [1.807, 2.05) is 6.92 Å². The summed E-state index contributed by atoms with van der Waals surface area (Å²) >= 11 is 0. The third kappa shape index (κ3) is 2.46. The van der Waals surface area contributed by atoms with Crippen LogP contribution in [0.5, 0.6) is 0 Å². The summed E-state index contributed by atoms with van der Waals surface area (Å²) in [4.78, 5) is 13.3. The van der Waals surface area contributed by atoms with E-state index in [0.29, 0.717) is 19.6 Å². The Bertz CT molecular complexity index is 247. The Morgan fingerprint density at radius 3 is 3.00 bits per heavy atom. The van der Waals surface area contributed by atoms with Crippen LogP contribution in [-0.4, -0.2) is 37.1 Å². The lowest BCUT2D eigenvalue weighted by atomic mass is 10.1. The number of carbonyl (C=O) groups is 1. The highest BCUT2D eigenvalue weighted by Crippen LogP contribution is 2.20. The van der Waals surface area contributed by atoms with E-state index in [1.54, 1.807) is 12.0 Å². The van der Waals surface area contributed by atoms with Crippen LogP contribution in [0.1, 0.15) is 19.8 Å². The summed E-state index contributed by atoms with van der Waals surface area (Å²) in [7, 11) is 1.65. The number of hydrogen-bond acceptors (Lipinski definition) is 3. The zero-order valence-electron chi connectivity index (χ0n) is 8.69. The van der Waals surface area contributed by atoms with Gasteiger partial charge in [-0.05, 0) is 13.3 Å². The van der Waals surface area contributed by atoms with Crippen molar-refractivity contribution in [1.82, 2.24) is 4.90 Å². The Morgan fingerprint density at radius 2 is 2.50 bits per heavy atom. The van der Waals surface area contributed by atoms with Gasteiger partial charge in [-0.25, -0.2) is 0 Å². The van der Waals surface area contributed by atoms with Gasteiger partial charge in [0.15, 0.2) is 0 Å². The summed E-state index contributed by atoms with van der Waals surface area (Å²) in [6.45, 7) is 3.24. The van der Waals surface area contributed by atoms with Crippen LogP contribution in [0.2, 0.25) is 0 Å². The first-order valence-electron chi connectivity index (χ1n) is 4.87. The van der Waals surface area contributed by atoms with Gasteiger partial charge in [0.05, 0.1) is 12.0 Å². The molecule has 0 aromatic rings. The van der Waals surface area contributed by atoms with E-state index in [9.17, 15) is 4.79 Å². The van der Waals surface area contributed by atoms with E-state index in [2.05, 4.69) is 6.07 Å². The Morgan fingerprint density at radius 1 is 1.79 bits per heavy atom. The number of nitrogens with zero attached hydrogens (tertiary/aromatic N) is 2. The fraction of sp³-hybridized carbons (Fsp3) is 0.800. The van der Waals surface area contributed by atoms with Crippen molar-refractivity contribution in [3.63, 3.8) is 0 Å². The number of rotatable bonds is 4. The molecule has 2 atom stereocenters. The predicted octanol–water partition coefficient (Wildman–Crippen LogP) is 0.783. The van der Waals surface area contributed by atoms with Crippen molar-refractivity contribution in [3.05, 3.63) is 0 Å². The van der Waals surface area contributed by atoms with E-state index in [1.165, 1.54) is 0 Å². The van der Waals surface area contributed by atoms with E-state index in [4.69, 9.17) is 10.00 Å². The molecule has 14 heavy (non-hydrogen) atoms. The molecule has 4 heteroatoms. The average molecular weight is 196 g/mol. The van der Waals surface area contributed by atoms with Gasteiger partial charge in [-0.2, -0.15) is 5.26 Å². The second-order valence-electron chi connectivity index (χ2n) is 3.71. The number of likely N-dealkylation sites (tertiary alicyclic amines) is 1. The summed E-state index contributed by atoms with van der Waals surface area (Å²) < 4.78 is 4.96. The molecule has 0 saturated carbocycles. The smallest absolute Gasteiger partial charge is 0.224 e. The van der Waals surface area contributed by atoms with Gasteiger partial charge in [-0.15, -0.1) is 0 Å². The Balaban J connectivity index is 2.45. The van der Waals surface area contributed by atoms with Gasteiger partial charge in [0.25, 0.3) is 0 Å². The number of nitriles is 1. The Hall–Kier alpha value is -1.08. The average Bonchev–Trinajstić information content (AvgIpc) is 2.56. The molecule has 1 saturated heterocycles. The van der Waals surface area contributed by atoms with Crippen molar-refractivity contribution in [3.8, 4) is 6.07 Å². The zero-order valence-corrected chi connectivity index (χ0v) is 8.69. The molecular weight excluding hydrogens is 180 g/mol. The third-order valence-corrected chi connectivity index (χ3v) is 2.61. The molecule has 1 aliphatic heterocycles. The van der Waals surface area contributed by atoms with Crippen LogP contribution in [0, 0.1) is 17.2 Å². The van der Waals surface area contributed by atoms with E-state index in [0.717, 1.165) is 6.42 Å². The van der Waals surface area contributed by atoms with Crippen molar-refractivity contribution >= 4 is 5.91 Å². The van der Waals surface area contributed by atoms with Crippen LogP contribution in [0.15, 0.2) is 0 Å². The molecule has 0 aliphatic carbocycles. The van der Waals surface area contributed by atoms with Crippen molar-refractivity contribution < 1.29 is 9.53 Å². The highest BCUT2D eigenvalue weighted by Gasteiger charge is 2.32. The first kappa shape index (κ1) is 11.0. The molecule has 4 nitrogen and oxygen atoms in total. The minimum Gasteiger partial charge on any atom is -0.385 e. The SMILES string of the molecule is COCCC(C)N1CC(C#N)CC1=O. The number of amides is 1.